The molecular weight excluding hydrogens is 278 g/mol. The van der Waals surface area contributed by atoms with Gasteiger partial charge in [0.1, 0.15) is 11.0 Å². The minimum absolute atomic E-state index is 0.470. The molecule has 1 N–H and O–H groups in total. The standard InChI is InChI=1S/C14H16ClN3S/c1-10-5-3-4-6-11(10)7-8-16-13-9-12(15)17-14(18-13)19-2/h3-6,9H,7-8H2,1-2H3,(H,16,17,18). The Morgan fingerprint density at radius 3 is 2.79 bits per heavy atom. The highest BCUT2D eigenvalue weighted by Gasteiger charge is 2.02. The summed E-state index contributed by atoms with van der Waals surface area (Å²) < 4.78 is 0. The van der Waals surface area contributed by atoms with Gasteiger partial charge in [0, 0.05) is 12.6 Å². The lowest BCUT2D eigenvalue weighted by Crippen LogP contribution is -2.07. The quantitative estimate of drug-likeness (QED) is 0.517. The van der Waals surface area contributed by atoms with Gasteiger partial charge in [0.05, 0.1) is 0 Å². The third-order valence-corrected chi connectivity index (χ3v) is 3.56. The fourth-order valence-electron chi connectivity index (χ4n) is 1.79. The van der Waals surface area contributed by atoms with Crippen LogP contribution in [-0.4, -0.2) is 22.8 Å². The molecule has 0 fully saturated rings. The molecule has 0 bridgehead atoms. The number of hydrogen-bond acceptors (Lipinski definition) is 4. The Morgan fingerprint density at radius 1 is 1.26 bits per heavy atom. The summed E-state index contributed by atoms with van der Waals surface area (Å²) in [5, 5.41) is 4.44. The van der Waals surface area contributed by atoms with Crippen molar-refractivity contribution in [1.29, 1.82) is 0 Å². The molecule has 1 aromatic carbocycles. The van der Waals surface area contributed by atoms with Crippen LogP contribution in [0.3, 0.4) is 0 Å². The molecule has 1 heterocycles. The molecule has 5 heteroatoms. The minimum atomic E-state index is 0.470. The summed E-state index contributed by atoms with van der Waals surface area (Å²) in [6.45, 7) is 2.95. The van der Waals surface area contributed by atoms with E-state index in [-0.39, 0.29) is 0 Å². The third-order valence-electron chi connectivity index (χ3n) is 2.82. The fraction of sp³-hybridized carbons (Fsp3) is 0.286. The first-order valence-corrected chi connectivity index (χ1v) is 7.66. The van der Waals surface area contributed by atoms with Crippen molar-refractivity contribution in [2.75, 3.05) is 18.1 Å². The molecule has 2 aromatic rings. The molecule has 100 valence electrons. The van der Waals surface area contributed by atoms with Crippen LogP contribution >= 0.6 is 23.4 Å². The van der Waals surface area contributed by atoms with Gasteiger partial charge in [0.2, 0.25) is 0 Å². The zero-order chi connectivity index (χ0) is 13.7. The number of hydrogen-bond donors (Lipinski definition) is 1. The first-order valence-electron chi connectivity index (χ1n) is 6.06. The van der Waals surface area contributed by atoms with Gasteiger partial charge in [-0.05, 0) is 30.7 Å². The second-order valence-corrected chi connectivity index (χ2v) is 5.33. The summed E-state index contributed by atoms with van der Waals surface area (Å²) in [6.07, 6.45) is 2.89. The number of nitrogens with one attached hydrogen (secondary N) is 1. The highest BCUT2D eigenvalue weighted by Crippen LogP contribution is 2.17. The first kappa shape index (κ1) is 14.2. The number of aryl methyl sites for hydroxylation is 1. The van der Waals surface area contributed by atoms with Crippen molar-refractivity contribution in [1.82, 2.24) is 9.97 Å². The molecule has 0 amide bonds. The molecule has 3 nitrogen and oxygen atoms in total. The zero-order valence-corrected chi connectivity index (χ0v) is 12.6. The lowest BCUT2D eigenvalue weighted by molar-refractivity contribution is 0.938. The maximum absolute atomic E-state index is 5.95. The van der Waals surface area contributed by atoms with Crippen LogP contribution in [0.15, 0.2) is 35.5 Å². The first-order chi connectivity index (χ1) is 9.19. The van der Waals surface area contributed by atoms with Gasteiger partial charge in [0.25, 0.3) is 0 Å². The number of halogens is 1. The Bertz CT molecular complexity index is 560. The van der Waals surface area contributed by atoms with E-state index in [4.69, 9.17) is 11.6 Å². The van der Waals surface area contributed by atoms with E-state index in [9.17, 15) is 0 Å². The topological polar surface area (TPSA) is 37.8 Å². The number of rotatable bonds is 5. The summed E-state index contributed by atoms with van der Waals surface area (Å²) in [6, 6.07) is 10.1. The summed E-state index contributed by atoms with van der Waals surface area (Å²) in [5.74, 6) is 0.776. The van der Waals surface area contributed by atoms with Crippen LogP contribution in [0.25, 0.3) is 0 Å². The normalized spacial score (nSPS) is 10.5. The van der Waals surface area contributed by atoms with Gasteiger partial charge in [0.15, 0.2) is 5.16 Å². The lowest BCUT2D eigenvalue weighted by atomic mass is 10.1. The van der Waals surface area contributed by atoms with Crippen molar-refractivity contribution in [2.45, 2.75) is 18.5 Å². The van der Waals surface area contributed by atoms with Crippen molar-refractivity contribution >= 4 is 29.2 Å². The van der Waals surface area contributed by atoms with E-state index in [0.717, 1.165) is 18.8 Å². The molecule has 0 aliphatic rings. The maximum Gasteiger partial charge on any atom is 0.190 e. The lowest BCUT2D eigenvalue weighted by Gasteiger charge is -2.08. The van der Waals surface area contributed by atoms with Gasteiger partial charge in [-0.25, -0.2) is 9.97 Å². The van der Waals surface area contributed by atoms with Gasteiger partial charge < -0.3 is 5.32 Å². The van der Waals surface area contributed by atoms with Crippen molar-refractivity contribution in [3.63, 3.8) is 0 Å². The van der Waals surface area contributed by atoms with Gasteiger partial charge in [-0.15, -0.1) is 0 Å². The second-order valence-electron chi connectivity index (χ2n) is 4.17. The SMILES string of the molecule is CSc1nc(Cl)cc(NCCc2ccccc2C)n1. The molecular formula is C14H16ClN3S. The molecule has 0 saturated carbocycles. The fourth-order valence-corrected chi connectivity index (χ4v) is 2.41. The highest BCUT2D eigenvalue weighted by atomic mass is 35.5. The highest BCUT2D eigenvalue weighted by molar-refractivity contribution is 7.98. The minimum Gasteiger partial charge on any atom is -0.370 e. The van der Waals surface area contributed by atoms with Gasteiger partial charge in [-0.1, -0.05) is 47.6 Å². The number of anilines is 1. The molecule has 0 aliphatic carbocycles. The van der Waals surface area contributed by atoms with Crippen LogP contribution in [0.5, 0.6) is 0 Å². The monoisotopic (exact) mass is 293 g/mol. The van der Waals surface area contributed by atoms with Crippen LogP contribution in [0, 0.1) is 6.92 Å². The Labute approximate surface area is 122 Å². The maximum atomic E-state index is 5.95. The Kier molecular flexibility index (Phi) is 5.05. The van der Waals surface area contributed by atoms with E-state index in [0.29, 0.717) is 10.3 Å². The third kappa shape index (κ3) is 4.11. The predicted molar refractivity (Wildman–Crippen MR) is 82.2 cm³/mol. The smallest absolute Gasteiger partial charge is 0.190 e. The van der Waals surface area contributed by atoms with E-state index >= 15 is 0 Å². The van der Waals surface area contributed by atoms with Gasteiger partial charge >= 0.3 is 0 Å². The molecule has 0 aliphatic heterocycles. The van der Waals surface area contributed by atoms with Gasteiger partial charge in [-0.2, -0.15) is 0 Å². The summed E-state index contributed by atoms with van der Waals surface area (Å²) in [5.41, 5.74) is 2.66. The Morgan fingerprint density at radius 2 is 2.05 bits per heavy atom. The predicted octanol–water partition coefficient (Wildman–Crippen LogP) is 3.81. The van der Waals surface area contributed by atoms with Gasteiger partial charge in [-0.3, -0.25) is 0 Å². The Balaban J connectivity index is 1.96. The largest absolute Gasteiger partial charge is 0.370 e. The van der Waals surface area contributed by atoms with E-state index in [1.165, 1.54) is 22.9 Å². The van der Waals surface area contributed by atoms with Crippen molar-refractivity contribution in [3.8, 4) is 0 Å². The zero-order valence-electron chi connectivity index (χ0n) is 11.0. The molecule has 2 rings (SSSR count). The number of benzene rings is 1. The summed E-state index contributed by atoms with van der Waals surface area (Å²) in [7, 11) is 0. The van der Waals surface area contributed by atoms with Crippen molar-refractivity contribution in [3.05, 3.63) is 46.6 Å². The molecule has 1 aromatic heterocycles. The van der Waals surface area contributed by atoms with Crippen LogP contribution in [0.2, 0.25) is 5.15 Å². The van der Waals surface area contributed by atoms with Crippen molar-refractivity contribution in [2.24, 2.45) is 0 Å². The van der Waals surface area contributed by atoms with Crippen LogP contribution in [0.4, 0.5) is 5.82 Å². The average Bonchev–Trinajstić information content (AvgIpc) is 2.40. The van der Waals surface area contributed by atoms with E-state index in [1.54, 1.807) is 6.07 Å². The molecule has 0 saturated heterocycles. The number of aromatic nitrogens is 2. The molecule has 0 spiro atoms. The molecule has 19 heavy (non-hydrogen) atoms. The average molecular weight is 294 g/mol. The van der Waals surface area contributed by atoms with E-state index in [1.807, 2.05) is 6.26 Å². The Hall–Kier alpha value is -1.26. The van der Waals surface area contributed by atoms with E-state index < -0.39 is 0 Å². The van der Waals surface area contributed by atoms with Crippen LogP contribution in [0.1, 0.15) is 11.1 Å². The summed E-state index contributed by atoms with van der Waals surface area (Å²) in [4.78, 5) is 8.47. The summed E-state index contributed by atoms with van der Waals surface area (Å²) >= 11 is 7.43. The van der Waals surface area contributed by atoms with Crippen molar-refractivity contribution < 1.29 is 0 Å². The number of thioether (sulfide) groups is 1. The number of nitrogens with zero attached hydrogens (tertiary/aromatic N) is 2. The van der Waals surface area contributed by atoms with Crippen LogP contribution < -0.4 is 5.32 Å². The molecule has 0 unspecified atom stereocenters. The molecule has 0 atom stereocenters. The van der Waals surface area contributed by atoms with E-state index in [2.05, 4.69) is 46.5 Å². The van der Waals surface area contributed by atoms with Crippen LogP contribution in [-0.2, 0) is 6.42 Å². The second kappa shape index (κ2) is 6.78. The molecule has 0 radical (unpaired) electrons.